The molecule has 3 rings (SSSR count). The van der Waals surface area contributed by atoms with E-state index in [2.05, 4.69) is 25.9 Å². The third-order valence-electron chi connectivity index (χ3n) is 4.23. The number of piperazine rings is 1. The smallest absolute Gasteiger partial charge is 0.418 e. The molecule has 0 amide bonds. The van der Waals surface area contributed by atoms with Gasteiger partial charge in [-0.25, -0.2) is 4.98 Å². The lowest BCUT2D eigenvalue weighted by molar-refractivity contribution is -0.137. The van der Waals surface area contributed by atoms with Gasteiger partial charge in [0.05, 0.1) is 40.7 Å². The molecule has 1 saturated heterocycles. The van der Waals surface area contributed by atoms with Gasteiger partial charge >= 0.3 is 6.18 Å². The molecule has 0 radical (unpaired) electrons. The van der Waals surface area contributed by atoms with E-state index in [1.807, 2.05) is 11.0 Å². The van der Waals surface area contributed by atoms with Gasteiger partial charge in [0, 0.05) is 26.2 Å². The molecule has 0 N–H and O–H groups in total. The van der Waals surface area contributed by atoms with Gasteiger partial charge in [-0.15, -0.1) is 0 Å². The van der Waals surface area contributed by atoms with Crippen LogP contribution in [0.15, 0.2) is 28.9 Å². The van der Waals surface area contributed by atoms with E-state index in [0.717, 1.165) is 6.07 Å². The molecule has 10 heteroatoms. The second-order valence-electron chi connectivity index (χ2n) is 5.84. The maximum Gasteiger partial charge on any atom is 0.418 e. The lowest BCUT2D eigenvalue weighted by Crippen LogP contribution is -2.47. The molecule has 0 spiro atoms. The van der Waals surface area contributed by atoms with Crippen molar-refractivity contribution >= 4 is 27.6 Å². The lowest BCUT2D eigenvalue weighted by Gasteiger charge is -2.37. The Hall–Kier alpha value is -2.54. The van der Waals surface area contributed by atoms with E-state index in [4.69, 9.17) is 10.00 Å². The summed E-state index contributed by atoms with van der Waals surface area (Å²) in [6, 6.07) is 5.33. The summed E-state index contributed by atoms with van der Waals surface area (Å²) in [5, 5.41) is 9.03. The maximum absolute atomic E-state index is 13.3. The third kappa shape index (κ3) is 4.08. The van der Waals surface area contributed by atoms with Gasteiger partial charge in [-0.2, -0.15) is 23.4 Å². The van der Waals surface area contributed by atoms with Crippen molar-refractivity contribution in [3.05, 3.63) is 40.0 Å². The summed E-state index contributed by atoms with van der Waals surface area (Å²) in [4.78, 5) is 12.1. The van der Waals surface area contributed by atoms with Crippen molar-refractivity contribution in [3.63, 3.8) is 0 Å². The third-order valence-corrected chi connectivity index (χ3v) is 4.77. The first-order chi connectivity index (χ1) is 12.8. The molecule has 1 aromatic heterocycles. The molecule has 2 aromatic rings. The largest absolute Gasteiger partial charge is 0.480 e. The minimum atomic E-state index is -4.48. The first-order valence-corrected chi connectivity index (χ1v) is 8.80. The molecule has 0 aliphatic carbocycles. The normalized spacial score (nSPS) is 14.8. The van der Waals surface area contributed by atoms with Crippen LogP contribution < -0.4 is 14.5 Å². The van der Waals surface area contributed by atoms with Gasteiger partial charge < -0.3 is 14.5 Å². The number of ether oxygens (including phenoxy) is 1. The van der Waals surface area contributed by atoms with Crippen molar-refractivity contribution in [1.29, 1.82) is 5.26 Å². The number of benzene rings is 1. The highest BCUT2D eigenvalue weighted by molar-refractivity contribution is 9.10. The first-order valence-electron chi connectivity index (χ1n) is 8.01. The van der Waals surface area contributed by atoms with E-state index < -0.39 is 11.7 Å². The quantitative estimate of drug-likeness (QED) is 0.726. The Bertz CT molecular complexity index is 876. The SMILES string of the molecule is COc1nc(N2CCN(c3cc(C#N)ccc3C(F)(F)F)CC2)ncc1Br. The van der Waals surface area contributed by atoms with Gasteiger partial charge in [-0.05, 0) is 34.1 Å². The number of nitrogens with zero attached hydrogens (tertiary/aromatic N) is 5. The zero-order chi connectivity index (χ0) is 19.6. The highest BCUT2D eigenvalue weighted by Gasteiger charge is 2.35. The molecule has 0 atom stereocenters. The number of hydrogen-bond donors (Lipinski definition) is 0. The Balaban J connectivity index is 1.81. The van der Waals surface area contributed by atoms with E-state index in [1.54, 1.807) is 11.1 Å². The van der Waals surface area contributed by atoms with Crippen LogP contribution in [0.4, 0.5) is 24.8 Å². The number of aromatic nitrogens is 2. The summed E-state index contributed by atoms with van der Waals surface area (Å²) in [7, 11) is 1.50. The van der Waals surface area contributed by atoms with Crippen LogP contribution in [-0.2, 0) is 6.18 Å². The summed E-state index contributed by atoms with van der Waals surface area (Å²) in [6.45, 7) is 1.58. The van der Waals surface area contributed by atoms with E-state index in [1.165, 1.54) is 19.2 Å². The molecule has 6 nitrogen and oxygen atoms in total. The van der Waals surface area contributed by atoms with Crippen LogP contribution in [0.25, 0.3) is 0 Å². The maximum atomic E-state index is 13.3. The van der Waals surface area contributed by atoms with Crippen LogP contribution in [0.3, 0.4) is 0 Å². The van der Waals surface area contributed by atoms with Crippen molar-refractivity contribution in [2.45, 2.75) is 6.18 Å². The van der Waals surface area contributed by atoms with Gasteiger partial charge in [0.1, 0.15) is 0 Å². The molecule has 1 aliphatic heterocycles. The molecule has 0 bridgehead atoms. The van der Waals surface area contributed by atoms with E-state index in [-0.39, 0.29) is 11.3 Å². The number of rotatable bonds is 3. The Morgan fingerprint density at radius 3 is 2.44 bits per heavy atom. The van der Waals surface area contributed by atoms with Crippen LogP contribution >= 0.6 is 15.9 Å². The summed E-state index contributed by atoms with van der Waals surface area (Å²) in [6.07, 6.45) is -2.91. The topological polar surface area (TPSA) is 65.3 Å². The second kappa shape index (κ2) is 7.60. The molecule has 0 saturated carbocycles. The average molecular weight is 442 g/mol. The summed E-state index contributed by atoms with van der Waals surface area (Å²) in [5.41, 5.74) is -0.520. The Labute approximate surface area is 162 Å². The summed E-state index contributed by atoms with van der Waals surface area (Å²) < 4.78 is 45.8. The highest BCUT2D eigenvalue weighted by Crippen LogP contribution is 2.37. The molecule has 0 unspecified atom stereocenters. The molecular weight excluding hydrogens is 427 g/mol. The number of anilines is 2. The number of halogens is 4. The molecule has 2 heterocycles. The van der Waals surface area contributed by atoms with Crippen molar-refractivity contribution in [2.75, 3.05) is 43.1 Å². The van der Waals surface area contributed by atoms with Crippen LogP contribution in [0.2, 0.25) is 0 Å². The number of hydrogen-bond acceptors (Lipinski definition) is 6. The molecular formula is C17H15BrF3N5O. The van der Waals surface area contributed by atoms with Crippen LogP contribution in [0.1, 0.15) is 11.1 Å². The van der Waals surface area contributed by atoms with Crippen molar-refractivity contribution in [3.8, 4) is 11.9 Å². The highest BCUT2D eigenvalue weighted by atomic mass is 79.9. The fourth-order valence-corrected chi connectivity index (χ4v) is 3.24. The van der Waals surface area contributed by atoms with Gasteiger partial charge in [0.25, 0.3) is 0 Å². The van der Waals surface area contributed by atoms with Crippen molar-refractivity contribution < 1.29 is 17.9 Å². The van der Waals surface area contributed by atoms with E-state index in [0.29, 0.717) is 42.5 Å². The fourth-order valence-electron chi connectivity index (χ4n) is 2.89. The van der Waals surface area contributed by atoms with E-state index >= 15 is 0 Å². The molecule has 142 valence electrons. The molecule has 1 fully saturated rings. The summed E-state index contributed by atoms with van der Waals surface area (Å²) >= 11 is 3.29. The number of nitriles is 1. The monoisotopic (exact) mass is 441 g/mol. The predicted octanol–water partition coefficient (Wildman–Crippen LogP) is 3.46. The van der Waals surface area contributed by atoms with Gasteiger partial charge in [-0.3, -0.25) is 0 Å². The van der Waals surface area contributed by atoms with Gasteiger partial charge in [-0.1, -0.05) is 0 Å². The van der Waals surface area contributed by atoms with Crippen LogP contribution in [-0.4, -0.2) is 43.3 Å². The van der Waals surface area contributed by atoms with Gasteiger partial charge in [0.2, 0.25) is 11.8 Å². The average Bonchev–Trinajstić information content (AvgIpc) is 2.67. The second-order valence-corrected chi connectivity index (χ2v) is 6.70. The Kier molecular flexibility index (Phi) is 5.41. The fraction of sp³-hybridized carbons (Fsp3) is 0.353. The summed E-state index contributed by atoms with van der Waals surface area (Å²) in [5.74, 6) is 0.847. The first kappa shape index (κ1) is 19.2. The minimum Gasteiger partial charge on any atom is -0.480 e. The molecule has 1 aliphatic rings. The van der Waals surface area contributed by atoms with E-state index in [9.17, 15) is 13.2 Å². The van der Waals surface area contributed by atoms with Crippen LogP contribution in [0.5, 0.6) is 5.88 Å². The molecule has 1 aromatic carbocycles. The standard InChI is InChI=1S/C17H15BrF3N5O/c1-27-15-13(18)10-23-16(24-15)26-6-4-25(5-7-26)14-8-11(9-22)2-3-12(14)17(19,20)21/h2-3,8,10H,4-7H2,1H3. The lowest BCUT2D eigenvalue weighted by atomic mass is 10.1. The predicted molar refractivity (Wildman–Crippen MR) is 96.9 cm³/mol. The number of alkyl halides is 3. The Morgan fingerprint density at radius 1 is 1.19 bits per heavy atom. The Morgan fingerprint density at radius 2 is 1.85 bits per heavy atom. The van der Waals surface area contributed by atoms with Crippen molar-refractivity contribution in [2.24, 2.45) is 0 Å². The van der Waals surface area contributed by atoms with Crippen molar-refractivity contribution in [1.82, 2.24) is 9.97 Å². The number of methoxy groups -OCH3 is 1. The molecule has 27 heavy (non-hydrogen) atoms. The zero-order valence-corrected chi connectivity index (χ0v) is 15.9. The zero-order valence-electron chi connectivity index (χ0n) is 14.3. The minimum absolute atomic E-state index is 0.0236. The van der Waals surface area contributed by atoms with Crippen LogP contribution in [0, 0.1) is 11.3 Å². The van der Waals surface area contributed by atoms with Gasteiger partial charge in [0.15, 0.2) is 0 Å².